The molecule has 1 atom stereocenters. The third-order valence-corrected chi connectivity index (χ3v) is 4.67. The van der Waals surface area contributed by atoms with Crippen LogP contribution in [0.4, 0.5) is 0 Å². The number of hydrogen-bond donors (Lipinski definition) is 0. The van der Waals surface area contributed by atoms with E-state index in [9.17, 15) is 4.79 Å². The van der Waals surface area contributed by atoms with Gasteiger partial charge in [0, 0.05) is 19.7 Å². The van der Waals surface area contributed by atoms with E-state index in [1.54, 1.807) is 31.1 Å². The van der Waals surface area contributed by atoms with Gasteiger partial charge in [-0.15, -0.1) is 6.58 Å². The van der Waals surface area contributed by atoms with Crippen LogP contribution in [0.5, 0.6) is 11.5 Å². The van der Waals surface area contributed by atoms with Crippen LogP contribution in [0.15, 0.2) is 61.2 Å². The average molecular weight is 337 g/mol. The fourth-order valence-corrected chi connectivity index (χ4v) is 2.77. The third-order valence-electron chi connectivity index (χ3n) is 4.67. The molecule has 2 aromatic rings. The van der Waals surface area contributed by atoms with Crippen molar-refractivity contribution in [1.82, 2.24) is 4.90 Å². The van der Waals surface area contributed by atoms with Crippen molar-refractivity contribution in [3.8, 4) is 11.5 Å². The Morgan fingerprint density at radius 1 is 1.08 bits per heavy atom. The fourth-order valence-electron chi connectivity index (χ4n) is 2.77. The Morgan fingerprint density at radius 2 is 1.60 bits per heavy atom. The van der Waals surface area contributed by atoms with Gasteiger partial charge in [0.15, 0.2) is 0 Å². The van der Waals surface area contributed by atoms with Crippen molar-refractivity contribution in [2.24, 2.45) is 0 Å². The lowest BCUT2D eigenvalue weighted by Crippen LogP contribution is -2.21. The second-order valence-corrected chi connectivity index (χ2v) is 6.76. The lowest BCUT2D eigenvalue weighted by molar-refractivity contribution is 0.0827. The van der Waals surface area contributed by atoms with E-state index in [4.69, 9.17) is 4.74 Å². The van der Waals surface area contributed by atoms with Crippen molar-refractivity contribution in [2.75, 3.05) is 14.1 Å². The summed E-state index contributed by atoms with van der Waals surface area (Å²) < 4.78 is 5.89. The van der Waals surface area contributed by atoms with E-state index >= 15 is 0 Å². The molecular weight excluding hydrogens is 310 g/mol. The maximum atomic E-state index is 11.9. The fraction of sp³-hybridized carbons (Fsp3) is 0.318. The summed E-state index contributed by atoms with van der Waals surface area (Å²) in [4.78, 5) is 13.5. The van der Waals surface area contributed by atoms with E-state index < -0.39 is 0 Å². The molecule has 2 aromatic carbocycles. The number of allylic oxidation sites excluding steroid dienone is 1. The summed E-state index contributed by atoms with van der Waals surface area (Å²) in [6.45, 7) is 8.32. The van der Waals surface area contributed by atoms with Gasteiger partial charge in [-0.05, 0) is 60.2 Å². The Balaban J connectivity index is 2.11. The summed E-state index contributed by atoms with van der Waals surface area (Å²) in [7, 11) is 3.48. The first kappa shape index (κ1) is 18.8. The van der Waals surface area contributed by atoms with Crippen molar-refractivity contribution < 1.29 is 9.53 Å². The monoisotopic (exact) mass is 337 g/mol. The van der Waals surface area contributed by atoms with Gasteiger partial charge in [-0.25, -0.2) is 0 Å². The van der Waals surface area contributed by atoms with Crippen molar-refractivity contribution in [3.63, 3.8) is 0 Å². The van der Waals surface area contributed by atoms with Gasteiger partial charge in [0.05, 0.1) is 0 Å². The molecule has 0 aliphatic rings. The molecule has 0 aromatic heterocycles. The third kappa shape index (κ3) is 4.50. The predicted octanol–water partition coefficient (Wildman–Crippen LogP) is 5.42. The summed E-state index contributed by atoms with van der Waals surface area (Å²) in [5.74, 6) is 1.48. The second-order valence-electron chi connectivity index (χ2n) is 6.76. The minimum absolute atomic E-state index is 0.0167. The van der Waals surface area contributed by atoms with Gasteiger partial charge in [-0.2, -0.15) is 0 Å². The highest BCUT2D eigenvalue weighted by Gasteiger charge is 2.22. The van der Waals surface area contributed by atoms with Crippen LogP contribution in [0, 0.1) is 0 Å². The number of rotatable bonds is 7. The number of carbonyl (C=O) groups excluding carboxylic acids is 1. The number of ether oxygens (including phenoxy) is 1. The summed E-state index contributed by atoms with van der Waals surface area (Å²) in [6.07, 6.45) is 3.98. The molecule has 132 valence electrons. The molecule has 0 fully saturated rings. The predicted molar refractivity (Wildman–Crippen MR) is 103 cm³/mol. The summed E-state index contributed by atoms with van der Waals surface area (Å²) in [5, 5.41) is 0. The number of hydrogen-bond acceptors (Lipinski definition) is 2. The zero-order valence-corrected chi connectivity index (χ0v) is 15.6. The highest BCUT2D eigenvalue weighted by molar-refractivity contribution is 5.93. The van der Waals surface area contributed by atoms with E-state index in [1.165, 1.54) is 5.56 Å². The Bertz CT molecular complexity index is 717. The summed E-state index contributed by atoms with van der Waals surface area (Å²) in [6, 6.07) is 15.4. The topological polar surface area (TPSA) is 29.5 Å². The molecule has 25 heavy (non-hydrogen) atoms. The van der Waals surface area contributed by atoms with Crippen LogP contribution in [0.3, 0.4) is 0 Å². The molecule has 0 bridgehead atoms. The molecule has 0 saturated carbocycles. The lowest BCUT2D eigenvalue weighted by atomic mass is 9.77. The van der Waals surface area contributed by atoms with Crippen LogP contribution < -0.4 is 4.74 Å². The molecule has 0 aliphatic heterocycles. The number of carbonyl (C=O) groups is 1. The molecule has 0 aliphatic carbocycles. The SMILES string of the molecule is C=CCC(C)(CC)c1ccc(Oc2ccc(C(=O)N(C)C)cc2)cc1. The van der Waals surface area contributed by atoms with E-state index in [0.717, 1.165) is 18.6 Å². The first-order chi connectivity index (χ1) is 11.9. The van der Waals surface area contributed by atoms with Gasteiger partial charge in [-0.3, -0.25) is 4.79 Å². The van der Waals surface area contributed by atoms with Gasteiger partial charge in [-0.1, -0.05) is 32.1 Å². The largest absolute Gasteiger partial charge is 0.457 e. The number of benzene rings is 2. The van der Waals surface area contributed by atoms with E-state index in [2.05, 4.69) is 32.6 Å². The van der Waals surface area contributed by atoms with Gasteiger partial charge >= 0.3 is 0 Å². The first-order valence-electron chi connectivity index (χ1n) is 8.60. The molecule has 0 N–H and O–H groups in total. The van der Waals surface area contributed by atoms with E-state index in [1.807, 2.05) is 30.3 Å². The van der Waals surface area contributed by atoms with Crippen molar-refractivity contribution in [3.05, 3.63) is 72.3 Å². The molecule has 3 nitrogen and oxygen atoms in total. The number of amides is 1. The van der Waals surface area contributed by atoms with Crippen molar-refractivity contribution >= 4 is 5.91 Å². The molecule has 0 spiro atoms. The molecule has 0 saturated heterocycles. The molecular formula is C22H27NO2. The normalized spacial score (nSPS) is 13.0. The average Bonchev–Trinajstić information content (AvgIpc) is 2.62. The molecule has 0 heterocycles. The van der Waals surface area contributed by atoms with Crippen LogP contribution in [0.2, 0.25) is 0 Å². The van der Waals surface area contributed by atoms with Crippen LogP contribution >= 0.6 is 0 Å². The van der Waals surface area contributed by atoms with Crippen molar-refractivity contribution in [1.29, 1.82) is 0 Å². The highest BCUT2D eigenvalue weighted by atomic mass is 16.5. The zero-order valence-electron chi connectivity index (χ0n) is 15.6. The summed E-state index contributed by atoms with van der Waals surface area (Å²) >= 11 is 0. The highest BCUT2D eigenvalue weighted by Crippen LogP contribution is 2.33. The molecule has 2 rings (SSSR count). The summed E-state index contributed by atoms with van der Waals surface area (Å²) in [5.41, 5.74) is 2.04. The van der Waals surface area contributed by atoms with Crippen LogP contribution in [0.25, 0.3) is 0 Å². The molecule has 1 amide bonds. The minimum Gasteiger partial charge on any atom is -0.457 e. The van der Waals surface area contributed by atoms with E-state index in [0.29, 0.717) is 11.3 Å². The maximum absolute atomic E-state index is 11.9. The quantitative estimate of drug-likeness (QED) is 0.631. The standard InChI is InChI=1S/C22H27NO2/c1-6-16-22(3,7-2)18-10-14-20(15-11-18)25-19-12-8-17(9-13-19)21(24)23(4)5/h6,8-15H,1,7,16H2,2-5H3. The molecule has 1 unspecified atom stereocenters. The first-order valence-corrected chi connectivity index (χ1v) is 8.60. The smallest absolute Gasteiger partial charge is 0.253 e. The zero-order chi connectivity index (χ0) is 18.4. The Kier molecular flexibility index (Phi) is 6.02. The maximum Gasteiger partial charge on any atom is 0.253 e. The van der Waals surface area contributed by atoms with Gasteiger partial charge in [0.2, 0.25) is 0 Å². The van der Waals surface area contributed by atoms with Gasteiger partial charge < -0.3 is 9.64 Å². The molecule has 0 radical (unpaired) electrons. The van der Waals surface area contributed by atoms with Gasteiger partial charge in [0.25, 0.3) is 5.91 Å². The second kappa shape index (κ2) is 8.02. The van der Waals surface area contributed by atoms with Crippen molar-refractivity contribution in [2.45, 2.75) is 32.1 Å². The van der Waals surface area contributed by atoms with Crippen LogP contribution in [-0.2, 0) is 5.41 Å². The Hall–Kier alpha value is -2.55. The van der Waals surface area contributed by atoms with Crippen LogP contribution in [0.1, 0.15) is 42.6 Å². The van der Waals surface area contributed by atoms with E-state index in [-0.39, 0.29) is 11.3 Å². The minimum atomic E-state index is -0.0167. The number of nitrogens with zero attached hydrogens (tertiary/aromatic N) is 1. The van der Waals surface area contributed by atoms with Crippen LogP contribution in [-0.4, -0.2) is 24.9 Å². The Labute approximate surface area is 150 Å². The van der Waals surface area contributed by atoms with Gasteiger partial charge in [0.1, 0.15) is 11.5 Å². The Morgan fingerprint density at radius 3 is 2.04 bits per heavy atom. The molecule has 3 heteroatoms. The lowest BCUT2D eigenvalue weighted by Gasteiger charge is -2.27.